The number of carbonyl (C=O) groups is 1. The molecule has 0 aromatic heterocycles. The highest BCUT2D eigenvalue weighted by Crippen LogP contribution is 2.23. The third kappa shape index (κ3) is 5.34. The molecule has 2 aliphatic heterocycles. The number of nitrogens with zero attached hydrogens (tertiary/aromatic N) is 2. The average Bonchev–Trinajstić information content (AvgIpc) is 3.36. The third-order valence-electron chi connectivity index (χ3n) is 6.17. The van der Waals surface area contributed by atoms with E-state index in [2.05, 4.69) is 12.1 Å². The summed E-state index contributed by atoms with van der Waals surface area (Å²) < 4.78 is 32.7. The van der Waals surface area contributed by atoms with Gasteiger partial charge < -0.3 is 9.64 Å². The Hall–Kier alpha value is -2.22. The molecule has 4 rings (SSSR count). The van der Waals surface area contributed by atoms with Crippen molar-refractivity contribution in [3.63, 3.8) is 0 Å². The average molecular weight is 443 g/mol. The lowest BCUT2D eigenvalue weighted by Gasteiger charge is -2.32. The Morgan fingerprint density at radius 3 is 2.19 bits per heavy atom. The first kappa shape index (κ1) is 22.0. The molecule has 166 valence electrons. The van der Waals surface area contributed by atoms with Crippen molar-refractivity contribution in [1.82, 2.24) is 9.21 Å². The van der Waals surface area contributed by atoms with Crippen LogP contribution in [0.25, 0.3) is 0 Å². The van der Waals surface area contributed by atoms with Gasteiger partial charge in [0.05, 0.1) is 11.5 Å². The van der Waals surface area contributed by atoms with Crippen molar-refractivity contribution < 1.29 is 17.9 Å². The van der Waals surface area contributed by atoms with E-state index in [1.807, 2.05) is 23.1 Å². The predicted octanol–water partition coefficient (Wildman–Crippen LogP) is 3.54. The van der Waals surface area contributed by atoms with E-state index in [4.69, 9.17) is 4.74 Å². The van der Waals surface area contributed by atoms with E-state index in [9.17, 15) is 13.2 Å². The van der Waals surface area contributed by atoms with Crippen molar-refractivity contribution in [3.8, 4) is 0 Å². The van der Waals surface area contributed by atoms with Crippen LogP contribution in [0.4, 0.5) is 0 Å². The van der Waals surface area contributed by atoms with Crippen LogP contribution in [0, 0.1) is 5.92 Å². The number of benzene rings is 2. The van der Waals surface area contributed by atoms with Crippen molar-refractivity contribution in [2.45, 2.75) is 37.2 Å². The monoisotopic (exact) mass is 442 g/mol. The zero-order chi connectivity index (χ0) is 21.7. The Morgan fingerprint density at radius 1 is 0.903 bits per heavy atom. The number of amides is 1. The summed E-state index contributed by atoms with van der Waals surface area (Å²) in [5, 5.41) is 0. The zero-order valence-electron chi connectivity index (χ0n) is 17.8. The van der Waals surface area contributed by atoms with E-state index in [0.29, 0.717) is 50.9 Å². The Labute approximate surface area is 184 Å². The Bertz CT molecular complexity index is 962. The maximum atomic E-state index is 12.9. The SMILES string of the molecule is O=C(c1ccc(S(=O)(=O)N2CCCC2)cc1)N1CCC(COCc2ccccc2)CC1. The number of hydrogen-bond acceptors (Lipinski definition) is 4. The number of rotatable bonds is 7. The van der Waals surface area contributed by atoms with E-state index in [1.165, 1.54) is 9.87 Å². The van der Waals surface area contributed by atoms with Crippen LogP contribution in [0.3, 0.4) is 0 Å². The first-order chi connectivity index (χ1) is 15.0. The standard InChI is InChI=1S/C24H30N2O4S/c27-24(22-8-10-23(11-9-22)31(28,29)26-14-4-5-15-26)25-16-12-21(13-17-25)19-30-18-20-6-2-1-3-7-20/h1-3,6-11,21H,4-5,12-19H2. The lowest BCUT2D eigenvalue weighted by molar-refractivity contribution is 0.0478. The van der Waals surface area contributed by atoms with Crippen LogP contribution in [-0.4, -0.2) is 56.3 Å². The molecular weight excluding hydrogens is 412 g/mol. The fourth-order valence-electron chi connectivity index (χ4n) is 4.25. The lowest BCUT2D eigenvalue weighted by Crippen LogP contribution is -2.39. The fraction of sp³-hybridized carbons (Fsp3) is 0.458. The van der Waals surface area contributed by atoms with E-state index >= 15 is 0 Å². The second kappa shape index (κ2) is 9.94. The summed E-state index contributed by atoms with van der Waals surface area (Å²) in [7, 11) is -3.45. The van der Waals surface area contributed by atoms with Crippen molar-refractivity contribution in [2.75, 3.05) is 32.8 Å². The molecule has 6 nitrogen and oxygen atoms in total. The quantitative estimate of drug-likeness (QED) is 0.658. The van der Waals surface area contributed by atoms with E-state index in [1.54, 1.807) is 24.3 Å². The first-order valence-electron chi connectivity index (χ1n) is 11.1. The molecule has 0 N–H and O–H groups in total. The normalized spacial score (nSPS) is 18.4. The summed E-state index contributed by atoms with van der Waals surface area (Å²) in [4.78, 5) is 15.0. The number of hydrogen-bond donors (Lipinski definition) is 0. The van der Waals surface area contributed by atoms with Crippen molar-refractivity contribution >= 4 is 15.9 Å². The molecule has 0 atom stereocenters. The number of ether oxygens (including phenoxy) is 1. The van der Waals surface area contributed by atoms with Crippen molar-refractivity contribution in [2.24, 2.45) is 5.92 Å². The molecule has 2 heterocycles. The molecule has 0 saturated carbocycles. The van der Waals surface area contributed by atoms with E-state index < -0.39 is 10.0 Å². The maximum absolute atomic E-state index is 12.9. The number of piperidine rings is 1. The van der Waals surface area contributed by atoms with Crippen LogP contribution in [0.2, 0.25) is 0 Å². The van der Waals surface area contributed by atoms with Crippen LogP contribution in [0.5, 0.6) is 0 Å². The minimum atomic E-state index is -3.45. The molecule has 31 heavy (non-hydrogen) atoms. The zero-order valence-corrected chi connectivity index (χ0v) is 18.6. The van der Waals surface area contributed by atoms with Gasteiger partial charge in [-0.1, -0.05) is 30.3 Å². The van der Waals surface area contributed by atoms with E-state index in [-0.39, 0.29) is 10.8 Å². The summed E-state index contributed by atoms with van der Waals surface area (Å²) in [6.07, 6.45) is 3.65. The second-order valence-electron chi connectivity index (χ2n) is 8.37. The fourth-order valence-corrected chi connectivity index (χ4v) is 5.77. The Morgan fingerprint density at radius 2 is 1.55 bits per heavy atom. The van der Waals surface area contributed by atoms with Crippen LogP contribution >= 0.6 is 0 Å². The largest absolute Gasteiger partial charge is 0.376 e. The smallest absolute Gasteiger partial charge is 0.253 e. The maximum Gasteiger partial charge on any atom is 0.253 e. The predicted molar refractivity (Wildman–Crippen MR) is 119 cm³/mol. The highest BCUT2D eigenvalue weighted by molar-refractivity contribution is 7.89. The molecule has 2 aromatic rings. The molecule has 0 radical (unpaired) electrons. The van der Waals surface area contributed by atoms with Gasteiger partial charge in [-0.2, -0.15) is 4.31 Å². The molecular formula is C24H30N2O4S. The van der Waals surface area contributed by atoms with Gasteiger partial charge in [0.2, 0.25) is 10.0 Å². The van der Waals surface area contributed by atoms with Gasteiger partial charge in [0, 0.05) is 38.3 Å². The molecule has 0 aliphatic carbocycles. The highest BCUT2D eigenvalue weighted by atomic mass is 32.2. The highest BCUT2D eigenvalue weighted by Gasteiger charge is 2.28. The van der Waals surface area contributed by atoms with Crippen molar-refractivity contribution in [3.05, 3.63) is 65.7 Å². The molecule has 2 aliphatic rings. The summed E-state index contributed by atoms with van der Waals surface area (Å²) in [6, 6.07) is 16.5. The summed E-state index contributed by atoms with van der Waals surface area (Å²) in [6.45, 7) is 3.88. The van der Waals surface area contributed by atoms with Crippen LogP contribution in [0.15, 0.2) is 59.5 Å². The third-order valence-corrected chi connectivity index (χ3v) is 8.08. The number of sulfonamides is 1. The molecule has 2 saturated heterocycles. The first-order valence-corrected chi connectivity index (χ1v) is 12.5. The number of likely N-dealkylation sites (tertiary alicyclic amines) is 1. The summed E-state index contributed by atoms with van der Waals surface area (Å²) in [5.41, 5.74) is 1.71. The van der Waals surface area contributed by atoms with Gasteiger partial charge in [0.25, 0.3) is 5.91 Å². The van der Waals surface area contributed by atoms with Gasteiger partial charge in [0.15, 0.2) is 0 Å². The topological polar surface area (TPSA) is 66.9 Å². The summed E-state index contributed by atoms with van der Waals surface area (Å²) in [5.74, 6) is 0.425. The van der Waals surface area contributed by atoms with Crippen molar-refractivity contribution in [1.29, 1.82) is 0 Å². The molecule has 0 spiro atoms. The summed E-state index contributed by atoms with van der Waals surface area (Å²) >= 11 is 0. The minimum Gasteiger partial charge on any atom is -0.376 e. The minimum absolute atomic E-state index is 0.0335. The second-order valence-corrected chi connectivity index (χ2v) is 10.3. The Kier molecular flexibility index (Phi) is 7.05. The molecule has 2 aromatic carbocycles. The van der Waals surface area contributed by atoms with Crippen LogP contribution in [0.1, 0.15) is 41.6 Å². The van der Waals surface area contributed by atoms with Gasteiger partial charge in [-0.25, -0.2) is 8.42 Å². The van der Waals surface area contributed by atoms with Crippen LogP contribution < -0.4 is 0 Å². The van der Waals surface area contributed by atoms with Crippen LogP contribution in [-0.2, 0) is 21.4 Å². The van der Waals surface area contributed by atoms with Gasteiger partial charge in [-0.15, -0.1) is 0 Å². The molecule has 0 bridgehead atoms. The molecule has 2 fully saturated rings. The Balaban J connectivity index is 1.26. The molecule has 0 unspecified atom stereocenters. The van der Waals surface area contributed by atoms with Gasteiger partial charge in [-0.3, -0.25) is 4.79 Å². The molecule has 7 heteroatoms. The lowest BCUT2D eigenvalue weighted by atomic mass is 9.97. The number of carbonyl (C=O) groups excluding carboxylic acids is 1. The van der Waals surface area contributed by atoms with Gasteiger partial charge in [-0.05, 0) is 61.4 Å². The van der Waals surface area contributed by atoms with Gasteiger partial charge in [0.1, 0.15) is 0 Å². The van der Waals surface area contributed by atoms with Gasteiger partial charge >= 0.3 is 0 Å². The molecule has 1 amide bonds. The van der Waals surface area contributed by atoms with E-state index in [0.717, 1.165) is 25.7 Å².